The van der Waals surface area contributed by atoms with Crippen molar-refractivity contribution in [3.8, 4) is 11.3 Å². The van der Waals surface area contributed by atoms with Gasteiger partial charge in [0.05, 0.1) is 11.3 Å². The maximum atomic E-state index is 13.1. The van der Waals surface area contributed by atoms with Crippen molar-refractivity contribution < 1.29 is 4.79 Å². The van der Waals surface area contributed by atoms with Crippen LogP contribution in [0.3, 0.4) is 0 Å². The standard InChI is InChI=1S/C23H22N4O2/c1-27(15-9-10-24-13-15)23(29)16-6-4-8-20-17(16)12-21(25-20)18-11-14-5-2-3-7-19(14)26-22(18)28/h2-8,11-12,15,24-25H,9-10,13H2,1H3,(H,26,28). The second kappa shape index (κ2) is 6.90. The number of carbonyl (C=O) groups is 1. The van der Waals surface area contributed by atoms with Crippen molar-refractivity contribution >= 4 is 27.7 Å². The van der Waals surface area contributed by atoms with Crippen molar-refractivity contribution in [2.75, 3.05) is 20.1 Å². The highest BCUT2D eigenvalue weighted by molar-refractivity contribution is 6.07. The van der Waals surface area contributed by atoms with Gasteiger partial charge in [-0.1, -0.05) is 24.3 Å². The van der Waals surface area contributed by atoms with Crippen LogP contribution in [0.1, 0.15) is 16.8 Å². The molecule has 1 amide bonds. The lowest BCUT2D eigenvalue weighted by Crippen LogP contribution is -2.38. The van der Waals surface area contributed by atoms with Crippen LogP contribution in [0.4, 0.5) is 0 Å². The van der Waals surface area contributed by atoms with Crippen LogP contribution in [-0.4, -0.2) is 47.0 Å². The van der Waals surface area contributed by atoms with Crippen LogP contribution in [0, 0.1) is 0 Å². The lowest BCUT2D eigenvalue weighted by atomic mass is 10.1. The van der Waals surface area contributed by atoms with Crippen LogP contribution < -0.4 is 10.9 Å². The molecule has 0 bridgehead atoms. The number of benzene rings is 2. The fraction of sp³-hybridized carbons (Fsp3) is 0.217. The van der Waals surface area contributed by atoms with Gasteiger partial charge in [-0.15, -0.1) is 0 Å². The Labute approximate surface area is 167 Å². The van der Waals surface area contributed by atoms with Crippen molar-refractivity contribution in [2.45, 2.75) is 12.5 Å². The van der Waals surface area contributed by atoms with Crippen LogP contribution in [0.15, 0.2) is 59.4 Å². The van der Waals surface area contributed by atoms with E-state index in [2.05, 4.69) is 15.3 Å². The lowest BCUT2D eigenvalue weighted by Gasteiger charge is -2.24. The highest BCUT2D eigenvalue weighted by Crippen LogP contribution is 2.27. The Morgan fingerprint density at radius 3 is 2.69 bits per heavy atom. The Balaban J connectivity index is 1.60. The van der Waals surface area contributed by atoms with E-state index in [9.17, 15) is 9.59 Å². The molecule has 3 heterocycles. The molecule has 5 rings (SSSR count). The smallest absolute Gasteiger partial charge is 0.257 e. The monoisotopic (exact) mass is 386 g/mol. The predicted octanol–water partition coefficient (Wildman–Crippen LogP) is 3.11. The van der Waals surface area contributed by atoms with Crippen molar-refractivity contribution in [3.05, 3.63) is 70.5 Å². The molecular formula is C23H22N4O2. The normalized spacial score (nSPS) is 16.5. The maximum absolute atomic E-state index is 13.1. The molecule has 4 aromatic rings. The minimum atomic E-state index is -0.155. The minimum Gasteiger partial charge on any atom is -0.354 e. The number of pyridine rings is 1. The molecule has 0 spiro atoms. The summed E-state index contributed by atoms with van der Waals surface area (Å²) in [7, 11) is 1.86. The Morgan fingerprint density at radius 1 is 1.03 bits per heavy atom. The van der Waals surface area contributed by atoms with Crippen molar-refractivity contribution in [3.63, 3.8) is 0 Å². The van der Waals surface area contributed by atoms with Gasteiger partial charge in [0, 0.05) is 41.6 Å². The summed E-state index contributed by atoms with van der Waals surface area (Å²) in [6, 6.07) is 17.4. The molecule has 1 fully saturated rings. The Bertz CT molecular complexity index is 1280. The minimum absolute atomic E-state index is 0.00210. The molecule has 0 radical (unpaired) electrons. The van der Waals surface area contributed by atoms with E-state index in [-0.39, 0.29) is 17.5 Å². The SMILES string of the molecule is CN(C(=O)c1cccc2[nH]c(-c3cc4ccccc4[nH]c3=O)cc12)C1CCNC1. The number of aromatic amines is 2. The second-order valence-electron chi connectivity index (χ2n) is 7.61. The summed E-state index contributed by atoms with van der Waals surface area (Å²) in [4.78, 5) is 33.9. The molecule has 1 unspecified atom stereocenters. The summed E-state index contributed by atoms with van der Waals surface area (Å²) in [6.07, 6.45) is 0.961. The average molecular weight is 386 g/mol. The molecule has 0 aliphatic carbocycles. The quantitative estimate of drug-likeness (QED) is 0.506. The molecule has 6 nitrogen and oxygen atoms in total. The van der Waals surface area contributed by atoms with Crippen molar-refractivity contribution in [2.24, 2.45) is 0 Å². The van der Waals surface area contributed by atoms with Crippen LogP contribution >= 0.6 is 0 Å². The third-order valence-electron chi connectivity index (χ3n) is 5.84. The molecule has 3 N–H and O–H groups in total. The van der Waals surface area contributed by atoms with Gasteiger partial charge in [0.15, 0.2) is 0 Å². The Hall–Kier alpha value is -3.38. The van der Waals surface area contributed by atoms with E-state index in [0.29, 0.717) is 16.8 Å². The van der Waals surface area contributed by atoms with Gasteiger partial charge in [-0.25, -0.2) is 0 Å². The van der Waals surface area contributed by atoms with E-state index < -0.39 is 0 Å². The zero-order valence-electron chi connectivity index (χ0n) is 16.2. The molecule has 1 aliphatic heterocycles. The highest BCUT2D eigenvalue weighted by atomic mass is 16.2. The van der Waals surface area contributed by atoms with E-state index in [1.807, 2.05) is 66.5 Å². The van der Waals surface area contributed by atoms with Gasteiger partial charge in [-0.3, -0.25) is 9.59 Å². The highest BCUT2D eigenvalue weighted by Gasteiger charge is 2.25. The molecule has 2 aromatic carbocycles. The van der Waals surface area contributed by atoms with Crippen LogP contribution in [-0.2, 0) is 0 Å². The Morgan fingerprint density at radius 2 is 1.86 bits per heavy atom. The number of H-pyrrole nitrogens is 2. The first kappa shape index (κ1) is 17.7. The number of nitrogens with one attached hydrogen (secondary N) is 3. The lowest BCUT2D eigenvalue weighted by molar-refractivity contribution is 0.0746. The largest absolute Gasteiger partial charge is 0.354 e. The van der Waals surface area contributed by atoms with Crippen molar-refractivity contribution in [1.82, 2.24) is 20.2 Å². The molecule has 1 atom stereocenters. The molecule has 146 valence electrons. The van der Waals surface area contributed by atoms with Crippen LogP contribution in [0.25, 0.3) is 33.1 Å². The third kappa shape index (κ3) is 3.02. The van der Waals surface area contributed by atoms with E-state index in [4.69, 9.17) is 0 Å². The molecule has 6 heteroatoms. The van der Waals surface area contributed by atoms with Gasteiger partial charge in [-0.05, 0) is 48.7 Å². The third-order valence-corrected chi connectivity index (χ3v) is 5.84. The van der Waals surface area contributed by atoms with Gasteiger partial charge in [0.25, 0.3) is 11.5 Å². The van der Waals surface area contributed by atoms with E-state index in [1.165, 1.54) is 0 Å². The zero-order chi connectivity index (χ0) is 20.0. The van der Waals surface area contributed by atoms with Gasteiger partial charge in [0.1, 0.15) is 0 Å². The van der Waals surface area contributed by atoms with Crippen LogP contribution in [0.2, 0.25) is 0 Å². The second-order valence-corrected chi connectivity index (χ2v) is 7.61. The fourth-order valence-electron chi connectivity index (χ4n) is 4.16. The first-order chi connectivity index (χ1) is 14.1. The number of hydrogen-bond donors (Lipinski definition) is 3. The van der Waals surface area contributed by atoms with Crippen molar-refractivity contribution in [1.29, 1.82) is 0 Å². The molecule has 1 aliphatic rings. The number of carbonyl (C=O) groups excluding carboxylic acids is 1. The summed E-state index contributed by atoms with van der Waals surface area (Å²) < 4.78 is 0. The average Bonchev–Trinajstić information content (AvgIpc) is 3.41. The number of rotatable bonds is 3. The van der Waals surface area contributed by atoms with Gasteiger partial charge >= 0.3 is 0 Å². The first-order valence-corrected chi connectivity index (χ1v) is 9.84. The van der Waals surface area contributed by atoms with Crippen LogP contribution in [0.5, 0.6) is 0 Å². The van der Waals surface area contributed by atoms with Gasteiger partial charge < -0.3 is 20.2 Å². The van der Waals surface area contributed by atoms with E-state index in [0.717, 1.165) is 41.3 Å². The fourth-order valence-corrected chi connectivity index (χ4v) is 4.16. The van der Waals surface area contributed by atoms with E-state index >= 15 is 0 Å². The number of aromatic nitrogens is 2. The first-order valence-electron chi connectivity index (χ1n) is 9.84. The Kier molecular flexibility index (Phi) is 4.21. The summed E-state index contributed by atoms with van der Waals surface area (Å²) in [5.74, 6) is 0.00210. The van der Waals surface area contributed by atoms with Gasteiger partial charge in [-0.2, -0.15) is 0 Å². The summed E-state index contributed by atoms with van der Waals surface area (Å²) in [5.41, 5.74) is 3.41. The zero-order valence-corrected chi connectivity index (χ0v) is 16.2. The summed E-state index contributed by atoms with van der Waals surface area (Å²) in [5, 5.41) is 5.10. The van der Waals surface area contributed by atoms with E-state index in [1.54, 1.807) is 0 Å². The maximum Gasteiger partial charge on any atom is 0.257 e. The molecule has 29 heavy (non-hydrogen) atoms. The molecule has 2 aromatic heterocycles. The molecule has 0 saturated carbocycles. The number of amides is 1. The predicted molar refractivity (Wildman–Crippen MR) is 115 cm³/mol. The summed E-state index contributed by atoms with van der Waals surface area (Å²) >= 11 is 0. The molecular weight excluding hydrogens is 364 g/mol. The number of para-hydroxylation sites is 1. The molecule has 1 saturated heterocycles. The summed E-state index contributed by atoms with van der Waals surface area (Å²) in [6.45, 7) is 1.76. The number of nitrogens with zero attached hydrogens (tertiary/aromatic N) is 1. The number of likely N-dealkylation sites (N-methyl/N-ethyl adjacent to an activating group) is 1. The number of hydrogen-bond acceptors (Lipinski definition) is 3. The number of fused-ring (bicyclic) bond motifs is 2. The topological polar surface area (TPSA) is 81.0 Å². The van der Waals surface area contributed by atoms with Gasteiger partial charge in [0.2, 0.25) is 0 Å².